The quantitative estimate of drug-likeness (QED) is 0.338. The number of carbonyl (C=O) groups excluding carboxylic acids is 2. The highest BCUT2D eigenvalue weighted by atomic mass is 19.4. The molecule has 2 N–H and O–H groups in total. The third-order valence-electron chi connectivity index (χ3n) is 6.87. The molecule has 1 aliphatic heterocycles. The second kappa shape index (κ2) is 12.8. The summed E-state index contributed by atoms with van der Waals surface area (Å²) in [5.74, 6) is -0.460. The van der Waals surface area contributed by atoms with Gasteiger partial charge in [0.1, 0.15) is 0 Å². The average Bonchev–Trinajstić information content (AvgIpc) is 2.94. The molecule has 1 saturated heterocycles. The zero-order valence-electron chi connectivity index (χ0n) is 21.8. The van der Waals surface area contributed by atoms with Gasteiger partial charge in [-0.3, -0.25) is 9.59 Å². The van der Waals surface area contributed by atoms with Crippen LogP contribution in [0, 0.1) is 5.92 Å². The van der Waals surface area contributed by atoms with E-state index in [9.17, 15) is 22.8 Å². The number of carbonyl (C=O) groups is 2. The number of anilines is 2. The first-order valence-electron chi connectivity index (χ1n) is 12.9. The van der Waals surface area contributed by atoms with E-state index in [1.165, 1.54) is 17.7 Å². The zero-order chi connectivity index (χ0) is 27.8. The molecule has 0 unspecified atom stereocenters. The van der Waals surface area contributed by atoms with E-state index < -0.39 is 17.6 Å². The van der Waals surface area contributed by atoms with Crippen molar-refractivity contribution in [3.05, 3.63) is 95.1 Å². The summed E-state index contributed by atoms with van der Waals surface area (Å²) < 4.78 is 44.3. The lowest BCUT2D eigenvalue weighted by Gasteiger charge is -2.35. The van der Waals surface area contributed by atoms with Crippen LogP contribution in [-0.4, -0.2) is 45.2 Å². The molecule has 39 heavy (non-hydrogen) atoms. The third kappa shape index (κ3) is 7.60. The Morgan fingerprint density at radius 3 is 2.38 bits per heavy atom. The van der Waals surface area contributed by atoms with Crippen molar-refractivity contribution in [2.24, 2.45) is 5.92 Å². The number of piperidine rings is 1. The highest BCUT2D eigenvalue weighted by Crippen LogP contribution is 2.31. The minimum atomic E-state index is -4.56. The number of methoxy groups -OCH3 is 1. The molecule has 0 bridgehead atoms. The first-order valence-corrected chi connectivity index (χ1v) is 12.9. The van der Waals surface area contributed by atoms with E-state index in [2.05, 4.69) is 27.7 Å². The van der Waals surface area contributed by atoms with Gasteiger partial charge in [-0.15, -0.1) is 0 Å². The SMILES string of the molecule is COCCNC(=O)c1cc(NC(=O)c2cccc(C(F)(F)F)c2)ccc1N1CCC(Cc2ccccc2)CC1. The second-order valence-corrected chi connectivity index (χ2v) is 9.63. The number of halogens is 3. The van der Waals surface area contributed by atoms with Crippen LogP contribution < -0.4 is 15.5 Å². The molecule has 0 aliphatic carbocycles. The summed E-state index contributed by atoms with van der Waals surface area (Å²) in [7, 11) is 1.54. The van der Waals surface area contributed by atoms with Crippen molar-refractivity contribution >= 4 is 23.2 Å². The van der Waals surface area contributed by atoms with E-state index in [1.807, 2.05) is 18.2 Å². The summed E-state index contributed by atoms with van der Waals surface area (Å²) in [5.41, 5.74) is 1.74. The molecule has 1 heterocycles. The Morgan fingerprint density at radius 1 is 0.949 bits per heavy atom. The molecule has 0 aromatic heterocycles. The van der Waals surface area contributed by atoms with Gasteiger partial charge < -0.3 is 20.3 Å². The molecule has 1 fully saturated rings. The molecule has 206 valence electrons. The van der Waals surface area contributed by atoms with Gasteiger partial charge in [-0.1, -0.05) is 36.4 Å². The molecule has 3 aromatic rings. The minimum Gasteiger partial charge on any atom is -0.383 e. The first-order chi connectivity index (χ1) is 18.7. The molecule has 4 rings (SSSR count). The van der Waals surface area contributed by atoms with Crippen LogP contribution in [0.3, 0.4) is 0 Å². The Balaban J connectivity index is 1.50. The Hall–Kier alpha value is -3.85. The lowest BCUT2D eigenvalue weighted by atomic mass is 9.89. The summed E-state index contributed by atoms with van der Waals surface area (Å²) in [4.78, 5) is 28.0. The lowest BCUT2D eigenvalue weighted by Crippen LogP contribution is -2.36. The van der Waals surface area contributed by atoms with E-state index >= 15 is 0 Å². The van der Waals surface area contributed by atoms with Crippen LogP contribution in [0.5, 0.6) is 0 Å². The maximum Gasteiger partial charge on any atom is 0.416 e. The van der Waals surface area contributed by atoms with Gasteiger partial charge >= 0.3 is 6.18 Å². The normalized spacial score (nSPS) is 14.2. The average molecular weight is 540 g/mol. The van der Waals surface area contributed by atoms with E-state index in [0.717, 1.165) is 50.2 Å². The summed E-state index contributed by atoms with van der Waals surface area (Å²) >= 11 is 0. The molecular formula is C30H32F3N3O3. The van der Waals surface area contributed by atoms with Gasteiger partial charge in [0.2, 0.25) is 0 Å². The Morgan fingerprint density at radius 2 is 1.69 bits per heavy atom. The highest BCUT2D eigenvalue weighted by Gasteiger charge is 2.31. The van der Waals surface area contributed by atoms with Crippen LogP contribution in [-0.2, 0) is 17.3 Å². The van der Waals surface area contributed by atoms with E-state index in [-0.39, 0.29) is 11.5 Å². The number of rotatable bonds is 9. The van der Waals surface area contributed by atoms with Crippen molar-refractivity contribution in [3.63, 3.8) is 0 Å². The summed E-state index contributed by atoms with van der Waals surface area (Å²) in [5, 5.41) is 5.46. The van der Waals surface area contributed by atoms with Crippen molar-refractivity contribution < 1.29 is 27.5 Å². The van der Waals surface area contributed by atoms with Gasteiger partial charge in [-0.25, -0.2) is 0 Å². The van der Waals surface area contributed by atoms with Crippen LogP contribution in [0.15, 0.2) is 72.8 Å². The maximum absolute atomic E-state index is 13.1. The van der Waals surface area contributed by atoms with Crippen molar-refractivity contribution in [2.45, 2.75) is 25.4 Å². The van der Waals surface area contributed by atoms with Crippen molar-refractivity contribution in [2.75, 3.05) is 43.6 Å². The number of nitrogens with zero attached hydrogens (tertiary/aromatic N) is 1. The molecule has 9 heteroatoms. The molecule has 0 spiro atoms. The highest BCUT2D eigenvalue weighted by molar-refractivity contribution is 6.06. The maximum atomic E-state index is 13.1. The second-order valence-electron chi connectivity index (χ2n) is 9.63. The van der Waals surface area contributed by atoms with E-state index in [4.69, 9.17) is 4.74 Å². The van der Waals surface area contributed by atoms with Crippen LogP contribution in [0.4, 0.5) is 24.5 Å². The standard InChI is InChI=1S/C30H32F3N3O3/c1-39-17-14-34-29(38)26-20-25(35-28(37)23-8-5-9-24(19-23)30(31,32)33)10-11-27(26)36-15-12-22(13-16-36)18-21-6-3-2-4-7-21/h2-11,19-20,22H,12-18H2,1H3,(H,34,38)(H,35,37). The summed E-state index contributed by atoms with van der Waals surface area (Å²) in [6.45, 7) is 2.23. The zero-order valence-corrected chi connectivity index (χ0v) is 21.8. The fraction of sp³-hybridized carbons (Fsp3) is 0.333. The molecule has 3 aromatic carbocycles. The fourth-order valence-corrected chi connectivity index (χ4v) is 4.80. The summed E-state index contributed by atoms with van der Waals surface area (Å²) in [6.07, 6.45) is -1.58. The lowest BCUT2D eigenvalue weighted by molar-refractivity contribution is -0.137. The third-order valence-corrected chi connectivity index (χ3v) is 6.87. The molecule has 1 aliphatic rings. The first kappa shape index (κ1) is 28.2. The van der Waals surface area contributed by atoms with Crippen LogP contribution in [0.25, 0.3) is 0 Å². The molecule has 0 atom stereocenters. The van der Waals surface area contributed by atoms with Crippen LogP contribution in [0.1, 0.15) is 44.7 Å². The topological polar surface area (TPSA) is 70.7 Å². The number of alkyl halides is 3. The van der Waals surface area contributed by atoms with Crippen molar-refractivity contribution in [3.8, 4) is 0 Å². The Bertz CT molecular complexity index is 1270. The minimum absolute atomic E-state index is 0.125. The number of ether oxygens (including phenoxy) is 1. The molecular weight excluding hydrogens is 507 g/mol. The van der Waals surface area contributed by atoms with Crippen LogP contribution in [0.2, 0.25) is 0 Å². The Labute approximate surface area is 226 Å². The number of benzene rings is 3. The fourth-order valence-electron chi connectivity index (χ4n) is 4.80. The van der Waals surface area contributed by atoms with Gasteiger partial charge in [-0.05, 0) is 67.1 Å². The van der Waals surface area contributed by atoms with Gasteiger partial charge in [-0.2, -0.15) is 13.2 Å². The largest absolute Gasteiger partial charge is 0.416 e. The van der Waals surface area contributed by atoms with Gasteiger partial charge in [0.05, 0.1) is 17.7 Å². The number of hydrogen-bond acceptors (Lipinski definition) is 4. The molecule has 0 radical (unpaired) electrons. The smallest absolute Gasteiger partial charge is 0.383 e. The molecule has 2 amide bonds. The number of amides is 2. The van der Waals surface area contributed by atoms with Gasteiger partial charge in [0.25, 0.3) is 11.8 Å². The predicted molar refractivity (Wildman–Crippen MR) is 145 cm³/mol. The van der Waals surface area contributed by atoms with E-state index in [0.29, 0.717) is 30.3 Å². The summed E-state index contributed by atoms with van der Waals surface area (Å²) in [6, 6.07) is 19.6. The van der Waals surface area contributed by atoms with Gasteiger partial charge in [0.15, 0.2) is 0 Å². The number of nitrogens with one attached hydrogen (secondary N) is 2. The molecule has 6 nitrogen and oxygen atoms in total. The number of hydrogen-bond donors (Lipinski definition) is 2. The molecule has 0 saturated carbocycles. The Kier molecular flexibility index (Phi) is 9.24. The van der Waals surface area contributed by atoms with Crippen LogP contribution >= 0.6 is 0 Å². The monoisotopic (exact) mass is 539 g/mol. The van der Waals surface area contributed by atoms with Gasteiger partial charge in [0, 0.05) is 43.7 Å². The predicted octanol–water partition coefficient (Wildman–Crippen LogP) is 5.79. The van der Waals surface area contributed by atoms with Crippen molar-refractivity contribution in [1.82, 2.24) is 5.32 Å². The van der Waals surface area contributed by atoms with Crippen molar-refractivity contribution in [1.29, 1.82) is 0 Å². The van der Waals surface area contributed by atoms with E-state index in [1.54, 1.807) is 25.3 Å².